The van der Waals surface area contributed by atoms with E-state index in [1.807, 2.05) is 23.6 Å². The number of benzene rings is 1. The Hall–Kier alpha value is -2.74. The summed E-state index contributed by atoms with van der Waals surface area (Å²) in [4.78, 5) is 42.7. The molecule has 3 rings (SSSR count). The van der Waals surface area contributed by atoms with Crippen molar-refractivity contribution in [3.8, 4) is 0 Å². The molecule has 0 radical (unpaired) electrons. The van der Waals surface area contributed by atoms with Crippen LogP contribution in [0.2, 0.25) is 0 Å². The van der Waals surface area contributed by atoms with Gasteiger partial charge in [0.15, 0.2) is 0 Å². The number of hydrogen-bond acceptors (Lipinski definition) is 5. The van der Waals surface area contributed by atoms with Crippen molar-refractivity contribution < 1.29 is 14.4 Å². The smallest absolute Gasteiger partial charge is 0.326 e. The maximum Gasteiger partial charge on any atom is 0.326 e. The maximum atomic E-state index is 12.1. The van der Waals surface area contributed by atoms with Crippen molar-refractivity contribution in [3.63, 3.8) is 0 Å². The fraction of sp³-hybridized carbons (Fsp3) is 0.333. The summed E-state index contributed by atoms with van der Waals surface area (Å²) in [5.41, 5.74) is 1.97. The molecule has 0 saturated carbocycles. The Morgan fingerprint density at radius 1 is 1.23 bits per heavy atom. The van der Waals surface area contributed by atoms with Crippen LogP contribution in [0.25, 0.3) is 0 Å². The molecular weight excluding hydrogens is 352 g/mol. The number of amides is 4. The minimum atomic E-state index is -0.739. The lowest BCUT2D eigenvalue weighted by Crippen LogP contribution is -2.37. The molecule has 1 N–H and O–H groups in total. The van der Waals surface area contributed by atoms with Gasteiger partial charge >= 0.3 is 6.03 Å². The van der Waals surface area contributed by atoms with E-state index >= 15 is 0 Å². The summed E-state index contributed by atoms with van der Waals surface area (Å²) in [6.07, 6.45) is 0.710. The van der Waals surface area contributed by atoms with Crippen LogP contribution in [0.15, 0.2) is 35.7 Å². The van der Waals surface area contributed by atoms with E-state index in [1.165, 1.54) is 24.6 Å². The molecule has 1 aromatic carbocycles. The molecule has 26 heavy (non-hydrogen) atoms. The first-order valence-electron chi connectivity index (χ1n) is 8.24. The van der Waals surface area contributed by atoms with Gasteiger partial charge in [-0.05, 0) is 5.56 Å². The molecule has 0 bridgehead atoms. The summed E-state index contributed by atoms with van der Waals surface area (Å²) in [6.45, 7) is 0.304. The topological polar surface area (TPSA) is 82.6 Å². The van der Waals surface area contributed by atoms with E-state index in [-0.39, 0.29) is 18.2 Å². The fourth-order valence-corrected chi connectivity index (χ4v) is 3.62. The van der Waals surface area contributed by atoms with Crippen LogP contribution in [-0.4, -0.2) is 52.8 Å². The van der Waals surface area contributed by atoms with Crippen molar-refractivity contribution in [2.75, 3.05) is 14.1 Å². The van der Waals surface area contributed by atoms with Crippen LogP contribution < -0.4 is 5.32 Å². The summed E-state index contributed by atoms with van der Waals surface area (Å²) >= 11 is 1.55. The zero-order valence-corrected chi connectivity index (χ0v) is 15.5. The third-order valence-electron chi connectivity index (χ3n) is 4.31. The largest absolute Gasteiger partial charge is 0.350 e. The average Bonchev–Trinajstić information content (AvgIpc) is 3.16. The van der Waals surface area contributed by atoms with E-state index in [1.54, 1.807) is 11.3 Å². The van der Waals surface area contributed by atoms with E-state index in [0.29, 0.717) is 6.54 Å². The summed E-state index contributed by atoms with van der Waals surface area (Å²) in [5, 5.41) is 5.67. The second-order valence-electron chi connectivity index (χ2n) is 6.18. The van der Waals surface area contributed by atoms with Gasteiger partial charge in [-0.1, -0.05) is 30.3 Å². The highest BCUT2D eigenvalue weighted by Gasteiger charge is 2.41. The molecule has 2 aromatic rings. The SMILES string of the molecule is CN1C(=O)[C@@H](CC(=O)NCc2csc(Cc3ccccc3)n2)N(C)C1=O. The lowest BCUT2D eigenvalue weighted by atomic mass is 10.2. The van der Waals surface area contributed by atoms with Crippen molar-refractivity contribution in [2.24, 2.45) is 0 Å². The molecular formula is C18H20N4O3S. The third-order valence-corrected chi connectivity index (χ3v) is 5.21. The van der Waals surface area contributed by atoms with Gasteiger partial charge in [0.2, 0.25) is 5.91 Å². The maximum absolute atomic E-state index is 12.1. The van der Waals surface area contributed by atoms with Crippen molar-refractivity contribution >= 4 is 29.2 Å². The number of thiazole rings is 1. The van der Waals surface area contributed by atoms with Crippen LogP contribution in [0.4, 0.5) is 4.79 Å². The Morgan fingerprint density at radius 2 is 1.96 bits per heavy atom. The van der Waals surface area contributed by atoms with Gasteiger partial charge in [0.25, 0.3) is 5.91 Å². The monoisotopic (exact) mass is 372 g/mol. The number of carbonyl (C=O) groups excluding carboxylic acids is 3. The first-order chi connectivity index (χ1) is 12.5. The lowest BCUT2D eigenvalue weighted by molar-refractivity contribution is -0.131. The number of imide groups is 1. The zero-order chi connectivity index (χ0) is 18.7. The minimum Gasteiger partial charge on any atom is -0.350 e. The predicted octanol–water partition coefficient (Wildman–Crippen LogP) is 1.63. The van der Waals surface area contributed by atoms with E-state index in [4.69, 9.17) is 0 Å². The first-order valence-corrected chi connectivity index (χ1v) is 9.12. The van der Waals surface area contributed by atoms with Gasteiger partial charge in [-0.25, -0.2) is 9.78 Å². The van der Waals surface area contributed by atoms with E-state index in [9.17, 15) is 14.4 Å². The van der Waals surface area contributed by atoms with Gasteiger partial charge in [0.1, 0.15) is 6.04 Å². The molecule has 4 amide bonds. The van der Waals surface area contributed by atoms with Crippen molar-refractivity contribution in [1.29, 1.82) is 0 Å². The van der Waals surface area contributed by atoms with Gasteiger partial charge < -0.3 is 10.2 Å². The van der Waals surface area contributed by atoms with Crippen LogP contribution >= 0.6 is 11.3 Å². The van der Waals surface area contributed by atoms with Crippen molar-refractivity contribution in [2.45, 2.75) is 25.4 Å². The number of carbonyl (C=O) groups is 3. The predicted molar refractivity (Wildman–Crippen MR) is 97.5 cm³/mol. The van der Waals surface area contributed by atoms with Crippen LogP contribution in [0.3, 0.4) is 0 Å². The van der Waals surface area contributed by atoms with Gasteiger partial charge in [0.05, 0.1) is 23.7 Å². The van der Waals surface area contributed by atoms with E-state index in [0.717, 1.165) is 22.0 Å². The van der Waals surface area contributed by atoms with Crippen LogP contribution in [0.5, 0.6) is 0 Å². The van der Waals surface area contributed by atoms with Crippen LogP contribution in [0, 0.1) is 0 Å². The molecule has 8 heteroatoms. The number of nitrogens with one attached hydrogen (secondary N) is 1. The fourth-order valence-electron chi connectivity index (χ4n) is 2.80. The molecule has 0 aliphatic carbocycles. The van der Waals surface area contributed by atoms with Gasteiger partial charge in [-0.2, -0.15) is 0 Å². The normalized spacial score (nSPS) is 17.1. The Morgan fingerprint density at radius 3 is 2.62 bits per heavy atom. The number of likely N-dealkylation sites (N-methyl/N-ethyl adjacent to an activating group) is 2. The molecule has 2 heterocycles. The van der Waals surface area contributed by atoms with Gasteiger partial charge in [0, 0.05) is 25.9 Å². The quantitative estimate of drug-likeness (QED) is 0.782. The molecule has 1 saturated heterocycles. The Balaban J connectivity index is 1.51. The van der Waals surface area contributed by atoms with Crippen molar-refractivity contribution in [3.05, 3.63) is 52.0 Å². The Kier molecular flexibility index (Phi) is 5.32. The van der Waals surface area contributed by atoms with Crippen molar-refractivity contribution in [1.82, 2.24) is 20.1 Å². The summed E-state index contributed by atoms with van der Waals surface area (Å²) in [7, 11) is 2.95. The number of rotatable bonds is 6. The molecule has 1 aliphatic heterocycles. The highest BCUT2D eigenvalue weighted by atomic mass is 32.1. The number of nitrogens with zero attached hydrogens (tertiary/aromatic N) is 3. The van der Waals surface area contributed by atoms with Gasteiger partial charge in [-0.3, -0.25) is 14.5 Å². The summed E-state index contributed by atoms with van der Waals surface area (Å²) < 4.78 is 0. The second-order valence-corrected chi connectivity index (χ2v) is 7.12. The third kappa shape index (κ3) is 3.91. The Labute approximate surface area is 155 Å². The van der Waals surface area contributed by atoms with E-state index < -0.39 is 12.1 Å². The molecule has 136 valence electrons. The molecule has 1 fully saturated rings. The molecule has 0 spiro atoms. The van der Waals surface area contributed by atoms with Crippen LogP contribution in [0.1, 0.15) is 22.7 Å². The lowest BCUT2D eigenvalue weighted by Gasteiger charge is -2.15. The second kappa shape index (κ2) is 7.65. The van der Waals surface area contributed by atoms with Gasteiger partial charge in [-0.15, -0.1) is 11.3 Å². The van der Waals surface area contributed by atoms with Crippen LogP contribution in [-0.2, 0) is 22.6 Å². The molecule has 0 unspecified atom stereocenters. The number of hydrogen-bond donors (Lipinski definition) is 1. The summed E-state index contributed by atoms with van der Waals surface area (Å²) in [5.74, 6) is -0.637. The molecule has 1 aliphatic rings. The van der Waals surface area contributed by atoms with E-state index in [2.05, 4.69) is 22.4 Å². The average molecular weight is 372 g/mol. The number of aromatic nitrogens is 1. The highest BCUT2D eigenvalue weighted by molar-refractivity contribution is 7.09. The first kappa shape index (κ1) is 18.1. The molecule has 1 atom stereocenters. The minimum absolute atomic E-state index is 0.0492. The number of urea groups is 1. The zero-order valence-electron chi connectivity index (χ0n) is 14.6. The molecule has 7 nitrogen and oxygen atoms in total. The summed E-state index contributed by atoms with van der Waals surface area (Å²) in [6, 6.07) is 8.94. The molecule has 1 aromatic heterocycles. The Bertz CT molecular complexity index is 821. The standard InChI is InChI=1S/C18H20N4O3S/c1-21-14(17(24)22(2)18(21)25)9-15(23)19-10-13-11-26-16(20-13)8-12-6-4-3-5-7-12/h3-7,11,14H,8-10H2,1-2H3,(H,19,23)/t14-/m1/s1. The highest BCUT2D eigenvalue weighted by Crippen LogP contribution is 2.17.